The van der Waals surface area contributed by atoms with Crippen molar-refractivity contribution < 1.29 is 9.53 Å². The van der Waals surface area contributed by atoms with Crippen molar-refractivity contribution in [1.29, 1.82) is 0 Å². The summed E-state index contributed by atoms with van der Waals surface area (Å²) >= 11 is 0. The minimum Gasteiger partial charge on any atom is -0.383 e. The van der Waals surface area contributed by atoms with E-state index in [1.807, 2.05) is 0 Å². The minimum atomic E-state index is 0.305. The summed E-state index contributed by atoms with van der Waals surface area (Å²) in [5.41, 5.74) is 0. The van der Waals surface area contributed by atoms with Crippen molar-refractivity contribution in [1.82, 2.24) is 10.2 Å². The third-order valence-corrected chi connectivity index (χ3v) is 4.61. The van der Waals surface area contributed by atoms with Gasteiger partial charge in [0.15, 0.2) is 0 Å². The summed E-state index contributed by atoms with van der Waals surface area (Å²) in [7, 11) is 1.76. The second-order valence-corrected chi connectivity index (χ2v) is 6.00. The van der Waals surface area contributed by atoms with Crippen LogP contribution < -0.4 is 5.32 Å². The van der Waals surface area contributed by atoms with Crippen molar-refractivity contribution in [3.05, 3.63) is 0 Å². The number of rotatable bonds is 6. The van der Waals surface area contributed by atoms with Gasteiger partial charge in [0.2, 0.25) is 5.91 Å². The number of carbonyl (C=O) groups is 1. The molecule has 0 atom stereocenters. The molecule has 19 heavy (non-hydrogen) atoms. The Hall–Kier alpha value is -0.610. The van der Waals surface area contributed by atoms with Gasteiger partial charge in [0, 0.05) is 26.1 Å². The zero-order valence-electron chi connectivity index (χ0n) is 12.2. The number of ether oxygens (including phenoxy) is 1. The van der Waals surface area contributed by atoms with Gasteiger partial charge >= 0.3 is 0 Å². The van der Waals surface area contributed by atoms with Crippen LogP contribution in [-0.2, 0) is 9.53 Å². The fourth-order valence-corrected chi connectivity index (χ4v) is 3.21. The van der Waals surface area contributed by atoms with Crippen LogP contribution in [0, 0.1) is 11.8 Å². The maximum absolute atomic E-state index is 12.0. The van der Waals surface area contributed by atoms with Crippen LogP contribution in [0.25, 0.3) is 0 Å². The fourth-order valence-electron chi connectivity index (χ4n) is 3.21. The third kappa shape index (κ3) is 4.77. The van der Waals surface area contributed by atoms with Gasteiger partial charge in [-0.05, 0) is 44.7 Å². The van der Waals surface area contributed by atoms with Crippen LogP contribution in [-0.4, -0.2) is 50.7 Å². The summed E-state index contributed by atoms with van der Waals surface area (Å²) in [6, 6.07) is 0. The lowest BCUT2D eigenvalue weighted by molar-refractivity contribution is -0.125. The lowest BCUT2D eigenvalue weighted by Crippen LogP contribution is -2.40. The number of piperidine rings is 1. The minimum absolute atomic E-state index is 0.305. The number of hydrogen-bond donors (Lipinski definition) is 1. The number of nitrogens with one attached hydrogen (secondary N) is 1. The Morgan fingerprint density at radius 3 is 2.53 bits per heavy atom. The van der Waals surface area contributed by atoms with E-state index in [-0.39, 0.29) is 0 Å². The van der Waals surface area contributed by atoms with Gasteiger partial charge in [0.1, 0.15) is 0 Å². The summed E-state index contributed by atoms with van der Waals surface area (Å²) in [5.74, 6) is 1.28. The molecule has 0 bridgehead atoms. The molecule has 0 aromatic carbocycles. The van der Waals surface area contributed by atoms with E-state index in [4.69, 9.17) is 4.74 Å². The van der Waals surface area contributed by atoms with Crippen LogP contribution in [0.4, 0.5) is 0 Å². The second kappa shape index (κ2) is 7.85. The van der Waals surface area contributed by atoms with E-state index in [1.165, 1.54) is 25.7 Å². The highest BCUT2D eigenvalue weighted by Gasteiger charge is 2.24. The number of methoxy groups -OCH3 is 1. The predicted molar refractivity (Wildman–Crippen MR) is 76.0 cm³/mol. The first kappa shape index (κ1) is 14.8. The van der Waals surface area contributed by atoms with Crippen LogP contribution >= 0.6 is 0 Å². The van der Waals surface area contributed by atoms with Gasteiger partial charge in [-0.25, -0.2) is 0 Å². The Labute approximate surface area is 116 Å². The molecule has 2 rings (SSSR count). The topological polar surface area (TPSA) is 41.6 Å². The van der Waals surface area contributed by atoms with E-state index in [2.05, 4.69) is 10.2 Å². The Morgan fingerprint density at radius 2 is 1.89 bits per heavy atom. The molecule has 110 valence electrons. The first-order valence-corrected chi connectivity index (χ1v) is 7.78. The summed E-state index contributed by atoms with van der Waals surface area (Å²) in [6.07, 6.45) is 7.07. The predicted octanol–water partition coefficient (Wildman–Crippen LogP) is 1.65. The molecule has 0 unspecified atom stereocenters. The quantitative estimate of drug-likeness (QED) is 0.796. The zero-order valence-corrected chi connectivity index (χ0v) is 12.2. The van der Waals surface area contributed by atoms with Crippen molar-refractivity contribution in [3.8, 4) is 0 Å². The maximum atomic E-state index is 12.0. The first-order chi connectivity index (χ1) is 9.29. The molecule has 0 spiro atoms. The number of likely N-dealkylation sites (tertiary alicyclic amines) is 1. The number of hydrogen-bond acceptors (Lipinski definition) is 3. The molecule has 1 aliphatic carbocycles. The van der Waals surface area contributed by atoms with E-state index < -0.39 is 0 Å². The molecule has 1 aliphatic heterocycles. The monoisotopic (exact) mass is 268 g/mol. The van der Waals surface area contributed by atoms with Crippen LogP contribution in [0.5, 0.6) is 0 Å². The van der Waals surface area contributed by atoms with Gasteiger partial charge in [-0.2, -0.15) is 0 Å². The maximum Gasteiger partial charge on any atom is 0.223 e. The summed E-state index contributed by atoms with van der Waals surface area (Å²) < 4.78 is 5.11. The molecule has 1 saturated carbocycles. The van der Waals surface area contributed by atoms with Gasteiger partial charge in [-0.1, -0.05) is 12.8 Å². The highest BCUT2D eigenvalue weighted by molar-refractivity contribution is 5.78. The van der Waals surface area contributed by atoms with Crippen molar-refractivity contribution in [3.63, 3.8) is 0 Å². The van der Waals surface area contributed by atoms with Crippen molar-refractivity contribution in [2.75, 3.05) is 39.9 Å². The molecule has 1 saturated heterocycles. The first-order valence-electron chi connectivity index (χ1n) is 7.78. The molecule has 0 aromatic heterocycles. The van der Waals surface area contributed by atoms with Gasteiger partial charge in [0.05, 0.1) is 6.61 Å². The molecule has 2 aliphatic rings. The normalized spacial score (nSPS) is 22.8. The van der Waals surface area contributed by atoms with Crippen LogP contribution in [0.2, 0.25) is 0 Å². The largest absolute Gasteiger partial charge is 0.383 e. The molecule has 1 N–H and O–H groups in total. The molecular formula is C15H28N2O2. The average Bonchev–Trinajstić information content (AvgIpc) is 2.98. The smallest absolute Gasteiger partial charge is 0.223 e. The molecule has 1 heterocycles. The lowest BCUT2D eigenvalue weighted by Gasteiger charge is -2.31. The van der Waals surface area contributed by atoms with Gasteiger partial charge in [0.25, 0.3) is 0 Å². The van der Waals surface area contributed by atoms with Crippen molar-refractivity contribution >= 4 is 5.91 Å². The Balaban J connectivity index is 1.58. The molecule has 1 amide bonds. The van der Waals surface area contributed by atoms with Crippen LogP contribution in [0.15, 0.2) is 0 Å². The number of nitrogens with zero attached hydrogens (tertiary/aromatic N) is 1. The number of amides is 1. The van der Waals surface area contributed by atoms with Gasteiger partial charge in [-0.15, -0.1) is 0 Å². The lowest BCUT2D eigenvalue weighted by atomic mass is 9.96. The van der Waals surface area contributed by atoms with Crippen LogP contribution in [0.3, 0.4) is 0 Å². The van der Waals surface area contributed by atoms with Gasteiger partial charge in [-0.3, -0.25) is 4.79 Å². The summed E-state index contributed by atoms with van der Waals surface area (Å²) in [5, 5.41) is 3.17. The third-order valence-electron chi connectivity index (χ3n) is 4.61. The summed E-state index contributed by atoms with van der Waals surface area (Å²) in [4.78, 5) is 14.4. The Kier molecular flexibility index (Phi) is 6.11. The molecule has 0 radical (unpaired) electrons. The zero-order chi connectivity index (χ0) is 13.5. The van der Waals surface area contributed by atoms with E-state index in [0.717, 1.165) is 45.6 Å². The average molecular weight is 268 g/mol. The van der Waals surface area contributed by atoms with E-state index in [9.17, 15) is 4.79 Å². The molecule has 4 heteroatoms. The van der Waals surface area contributed by atoms with Crippen molar-refractivity contribution in [2.45, 2.75) is 38.5 Å². The Bertz CT molecular complexity index is 269. The SMILES string of the molecule is COCCN1CCC(CNC(=O)C2CCCC2)CC1. The molecule has 4 nitrogen and oxygen atoms in total. The molecule has 2 fully saturated rings. The van der Waals surface area contributed by atoms with Crippen LogP contribution in [0.1, 0.15) is 38.5 Å². The standard InChI is InChI=1S/C15H28N2O2/c1-19-11-10-17-8-6-13(7-9-17)12-16-15(18)14-4-2-3-5-14/h13-14H,2-12H2,1H3,(H,16,18). The molecule has 0 aromatic rings. The molecular weight excluding hydrogens is 240 g/mol. The van der Waals surface area contributed by atoms with E-state index in [1.54, 1.807) is 7.11 Å². The van der Waals surface area contributed by atoms with E-state index >= 15 is 0 Å². The highest BCUT2D eigenvalue weighted by Crippen LogP contribution is 2.25. The second-order valence-electron chi connectivity index (χ2n) is 6.00. The van der Waals surface area contributed by atoms with Crippen molar-refractivity contribution in [2.24, 2.45) is 11.8 Å². The summed E-state index contributed by atoms with van der Waals surface area (Å²) in [6.45, 7) is 5.04. The fraction of sp³-hybridized carbons (Fsp3) is 0.933. The number of carbonyl (C=O) groups excluding carboxylic acids is 1. The Morgan fingerprint density at radius 1 is 1.21 bits per heavy atom. The van der Waals surface area contributed by atoms with Gasteiger partial charge < -0.3 is 15.0 Å². The van der Waals surface area contributed by atoms with E-state index in [0.29, 0.717) is 17.7 Å². The highest BCUT2D eigenvalue weighted by atomic mass is 16.5.